The molecule has 4 rings (SSSR count). The zero-order valence-corrected chi connectivity index (χ0v) is 16.5. The van der Waals surface area contributed by atoms with E-state index in [1.165, 1.54) is 6.92 Å². The third-order valence-corrected chi connectivity index (χ3v) is 9.25. The third kappa shape index (κ3) is 2.12. The van der Waals surface area contributed by atoms with E-state index in [2.05, 4.69) is 13.0 Å². The predicted molar refractivity (Wildman–Crippen MR) is 98.6 cm³/mol. The molecule has 0 heterocycles. The Morgan fingerprint density at radius 3 is 2.37 bits per heavy atom. The van der Waals surface area contributed by atoms with Gasteiger partial charge in [-0.25, -0.2) is 0 Å². The van der Waals surface area contributed by atoms with Crippen molar-refractivity contribution in [1.82, 2.24) is 0 Å². The summed E-state index contributed by atoms with van der Waals surface area (Å²) in [7, 11) is 0. The molecule has 10 atom stereocenters. The van der Waals surface area contributed by atoms with Crippen LogP contribution in [-0.4, -0.2) is 66.3 Å². The smallest absolute Gasteiger partial charge is 0.101 e. The summed E-state index contributed by atoms with van der Waals surface area (Å²) in [6.45, 7) is 5.16. The molecule has 0 aromatic carbocycles. The van der Waals surface area contributed by atoms with Gasteiger partial charge in [-0.3, -0.25) is 0 Å². The van der Waals surface area contributed by atoms with Crippen molar-refractivity contribution in [2.24, 2.45) is 22.7 Å². The van der Waals surface area contributed by atoms with Gasteiger partial charge in [0.15, 0.2) is 0 Å². The molecule has 0 aliphatic heterocycles. The van der Waals surface area contributed by atoms with Gasteiger partial charge in [-0.05, 0) is 56.8 Å². The summed E-state index contributed by atoms with van der Waals surface area (Å²) in [6, 6.07) is 0. The number of fused-ring (bicyclic) bond motifs is 5. The van der Waals surface area contributed by atoms with Crippen LogP contribution in [0.1, 0.15) is 59.3 Å². The highest BCUT2D eigenvalue weighted by Gasteiger charge is 2.77. The van der Waals surface area contributed by atoms with Crippen LogP contribution in [0.15, 0.2) is 11.6 Å². The number of hydrogen-bond acceptors (Lipinski definition) is 6. The van der Waals surface area contributed by atoms with Crippen molar-refractivity contribution >= 4 is 0 Å². The van der Waals surface area contributed by atoms with Gasteiger partial charge in [0.2, 0.25) is 0 Å². The average Bonchev–Trinajstić information content (AvgIpc) is 2.83. The maximum absolute atomic E-state index is 11.9. The fraction of sp³-hybridized carbons (Fsp3) is 0.905. The molecular weight excluding hydrogens is 348 g/mol. The van der Waals surface area contributed by atoms with Crippen molar-refractivity contribution in [2.75, 3.05) is 0 Å². The van der Waals surface area contributed by atoms with Crippen LogP contribution in [0.25, 0.3) is 0 Å². The van der Waals surface area contributed by atoms with E-state index in [0.29, 0.717) is 25.7 Å². The van der Waals surface area contributed by atoms with E-state index in [-0.39, 0.29) is 30.8 Å². The number of aliphatic hydroxyl groups is 6. The highest BCUT2D eigenvalue weighted by molar-refractivity contribution is 5.33. The van der Waals surface area contributed by atoms with Crippen molar-refractivity contribution in [2.45, 2.75) is 94.9 Å². The van der Waals surface area contributed by atoms with Gasteiger partial charge in [0.1, 0.15) is 5.60 Å². The molecule has 0 bridgehead atoms. The van der Waals surface area contributed by atoms with Gasteiger partial charge < -0.3 is 30.6 Å². The number of hydrogen-bond donors (Lipinski definition) is 6. The first-order chi connectivity index (χ1) is 12.4. The van der Waals surface area contributed by atoms with Crippen LogP contribution in [0.3, 0.4) is 0 Å². The van der Waals surface area contributed by atoms with Crippen LogP contribution in [-0.2, 0) is 0 Å². The molecule has 3 fully saturated rings. The Balaban J connectivity index is 1.85. The number of rotatable bonds is 1. The van der Waals surface area contributed by atoms with E-state index in [4.69, 9.17) is 0 Å². The lowest BCUT2D eigenvalue weighted by Gasteiger charge is -2.65. The normalized spacial score (nSPS) is 58.7. The second-order valence-corrected chi connectivity index (χ2v) is 10.1. The lowest BCUT2D eigenvalue weighted by atomic mass is 9.43. The third-order valence-electron chi connectivity index (χ3n) is 9.25. The highest BCUT2D eigenvalue weighted by Crippen LogP contribution is 2.69. The molecular formula is C21H34O6. The maximum atomic E-state index is 11.9. The zero-order chi connectivity index (χ0) is 20.0. The Kier molecular flexibility index (Phi) is 4.23. The molecule has 4 aliphatic rings. The quantitative estimate of drug-likeness (QED) is 0.367. The molecule has 0 radical (unpaired) electrons. The standard InChI is InChI=1S/C21H34O6/c1-11(22)20(26)8-9-21(27)14-5-4-12-10-13(23)6-7-18(12,2)15(14)16(24)17(25)19(20,21)3/h4,11,13-17,22-27H,5-10H2,1-3H3/t11-,13-,14+,15+,16-,17+,18-,19+,20+,21-/m0/s1. The van der Waals surface area contributed by atoms with Gasteiger partial charge in [0, 0.05) is 5.92 Å². The molecule has 0 aromatic heterocycles. The molecule has 6 heteroatoms. The Bertz CT molecular complexity index is 663. The van der Waals surface area contributed by atoms with Gasteiger partial charge in [-0.15, -0.1) is 0 Å². The minimum Gasteiger partial charge on any atom is -0.393 e. The minimum atomic E-state index is -1.67. The summed E-state index contributed by atoms with van der Waals surface area (Å²) in [5, 5.41) is 66.0. The van der Waals surface area contributed by atoms with Gasteiger partial charge in [-0.2, -0.15) is 0 Å². The van der Waals surface area contributed by atoms with Gasteiger partial charge in [0.25, 0.3) is 0 Å². The predicted octanol–water partition coefficient (Wildman–Crippen LogP) is 0.478. The first kappa shape index (κ1) is 19.8. The number of aliphatic hydroxyl groups excluding tert-OH is 4. The Hall–Kier alpha value is -0.500. The topological polar surface area (TPSA) is 121 Å². The first-order valence-electron chi connectivity index (χ1n) is 10.3. The van der Waals surface area contributed by atoms with Crippen LogP contribution in [0.5, 0.6) is 0 Å². The molecule has 27 heavy (non-hydrogen) atoms. The Morgan fingerprint density at radius 1 is 1.07 bits per heavy atom. The SMILES string of the molecule is C[C@H](O)[C@]1(O)CC[C@]2(O)[C@@H]3CC=C4C[C@@H](O)CC[C@]4(C)[C@H]3[C@H](O)[C@@H](O)[C@]12C. The lowest BCUT2D eigenvalue weighted by Crippen LogP contribution is -2.75. The summed E-state index contributed by atoms with van der Waals surface area (Å²) in [6.07, 6.45) is 0.980. The maximum Gasteiger partial charge on any atom is 0.101 e. The molecule has 3 saturated carbocycles. The second kappa shape index (κ2) is 5.77. The molecule has 4 aliphatic carbocycles. The molecule has 154 valence electrons. The molecule has 0 aromatic rings. The van der Waals surface area contributed by atoms with E-state index in [1.54, 1.807) is 6.92 Å². The summed E-state index contributed by atoms with van der Waals surface area (Å²) in [4.78, 5) is 0. The molecule has 0 unspecified atom stereocenters. The summed E-state index contributed by atoms with van der Waals surface area (Å²) in [5.74, 6) is -0.674. The molecule has 6 N–H and O–H groups in total. The van der Waals surface area contributed by atoms with Crippen molar-refractivity contribution in [1.29, 1.82) is 0 Å². The van der Waals surface area contributed by atoms with Crippen LogP contribution in [0.2, 0.25) is 0 Å². The zero-order valence-electron chi connectivity index (χ0n) is 16.5. The monoisotopic (exact) mass is 382 g/mol. The van der Waals surface area contributed by atoms with E-state index in [0.717, 1.165) is 5.57 Å². The van der Waals surface area contributed by atoms with Crippen LogP contribution in [0.4, 0.5) is 0 Å². The molecule has 0 amide bonds. The second-order valence-electron chi connectivity index (χ2n) is 10.1. The minimum absolute atomic E-state index is 0.177. The van der Waals surface area contributed by atoms with Crippen LogP contribution >= 0.6 is 0 Å². The largest absolute Gasteiger partial charge is 0.393 e. The van der Waals surface area contributed by atoms with E-state index < -0.39 is 40.3 Å². The van der Waals surface area contributed by atoms with E-state index in [9.17, 15) is 30.6 Å². The van der Waals surface area contributed by atoms with E-state index in [1.807, 2.05) is 0 Å². The van der Waals surface area contributed by atoms with Crippen molar-refractivity contribution in [3.05, 3.63) is 11.6 Å². The van der Waals surface area contributed by atoms with Crippen molar-refractivity contribution in [3.63, 3.8) is 0 Å². The average molecular weight is 382 g/mol. The summed E-state index contributed by atoms with van der Waals surface area (Å²) >= 11 is 0. The molecule has 6 nitrogen and oxygen atoms in total. The fourth-order valence-corrected chi connectivity index (χ4v) is 7.42. The van der Waals surface area contributed by atoms with Gasteiger partial charge in [-0.1, -0.05) is 25.5 Å². The van der Waals surface area contributed by atoms with Crippen molar-refractivity contribution in [3.8, 4) is 0 Å². The Morgan fingerprint density at radius 2 is 1.74 bits per heavy atom. The van der Waals surface area contributed by atoms with Crippen LogP contribution in [0, 0.1) is 22.7 Å². The fourth-order valence-electron chi connectivity index (χ4n) is 7.42. The van der Waals surface area contributed by atoms with E-state index >= 15 is 0 Å². The van der Waals surface area contributed by atoms with Crippen LogP contribution < -0.4 is 0 Å². The number of allylic oxidation sites excluding steroid dienone is 1. The Labute approximate surface area is 160 Å². The molecule has 0 spiro atoms. The summed E-state index contributed by atoms with van der Waals surface area (Å²) in [5.41, 5.74) is -3.77. The summed E-state index contributed by atoms with van der Waals surface area (Å²) < 4.78 is 0. The van der Waals surface area contributed by atoms with Gasteiger partial charge in [0.05, 0.1) is 35.4 Å². The van der Waals surface area contributed by atoms with Gasteiger partial charge >= 0.3 is 0 Å². The highest BCUT2D eigenvalue weighted by atomic mass is 16.4. The van der Waals surface area contributed by atoms with Crippen molar-refractivity contribution < 1.29 is 30.6 Å². The first-order valence-corrected chi connectivity index (χ1v) is 10.3. The molecule has 0 saturated heterocycles. The lowest BCUT2D eigenvalue weighted by molar-refractivity contribution is -0.302.